The van der Waals surface area contributed by atoms with Gasteiger partial charge < -0.3 is 4.57 Å². The fraction of sp³-hybridized carbons (Fsp3) is 0.438. The number of thioether (sulfide) groups is 1. The predicted octanol–water partition coefficient (Wildman–Crippen LogP) is 3.53. The van der Waals surface area contributed by atoms with Crippen LogP contribution in [-0.2, 0) is 13.0 Å². The second-order valence-corrected chi connectivity index (χ2v) is 6.28. The molecule has 0 amide bonds. The summed E-state index contributed by atoms with van der Waals surface area (Å²) < 4.78 is 2.09. The zero-order valence-electron chi connectivity index (χ0n) is 12.7. The van der Waals surface area contributed by atoms with Crippen LogP contribution in [0.25, 0.3) is 0 Å². The topological polar surface area (TPSA) is 54.5 Å². The van der Waals surface area contributed by atoms with Crippen molar-refractivity contribution >= 4 is 11.8 Å². The van der Waals surface area contributed by atoms with Crippen molar-refractivity contribution in [2.75, 3.05) is 0 Å². The van der Waals surface area contributed by atoms with Crippen molar-refractivity contribution in [1.29, 1.82) is 5.26 Å². The average Bonchev–Trinajstić information content (AvgIpc) is 2.82. The Hall–Kier alpha value is -1.80. The fourth-order valence-corrected chi connectivity index (χ4v) is 3.13. The highest BCUT2D eigenvalue weighted by atomic mass is 32.2. The van der Waals surface area contributed by atoms with Crippen molar-refractivity contribution in [2.24, 2.45) is 0 Å². The molecule has 0 saturated carbocycles. The molecular weight excluding hydrogens is 280 g/mol. The van der Waals surface area contributed by atoms with Crippen molar-refractivity contribution in [3.63, 3.8) is 0 Å². The molecule has 5 heteroatoms. The van der Waals surface area contributed by atoms with Crippen LogP contribution >= 0.6 is 11.8 Å². The smallest absolute Gasteiger partial charge is 0.192 e. The second kappa shape index (κ2) is 7.28. The SMILES string of the molecule is CCCn1c(C)nnc1SC(C#N)Cc1ccc(C)cc1. The van der Waals surface area contributed by atoms with Gasteiger partial charge in [0.05, 0.1) is 6.07 Å². The van der Waals surface area contributed by atoms with Crippen LogP contribution in [0.5, 0.6) is 0 Å². The zero-order valence-corrected chi connectivity index (χ0v) is 13.5. The first kappa shape index (κ1) is 15.6. The van der Waals surface area contributed by atoms with Crippen molar-refractivity contribution in [2.45, 2.75) is 50.6 Å². The molecule has 110 valence electrons. The lowest BCUT2D eigenvalue weighted by Crippen LogP contribution is -2.08. The van der Waals surface area contributed by atoms with E-state index in [0.29, 0.717) is 0 Å². The Morgan fingerprint density at radius 3 is 2.57 bits per heavy atom. The van der Waals surface area contributed by atoms with Gasteiger partial charge in [0, 0.05) is 6.54 Å². The molecule has 0 N–H and O–H groups in total. The molecule has 0 spiro atoms. The maximum atomic E-state index is 9.40. The van der Waals surface area contributed by atoms with Crippen LogP contribution in [0.15, 0.2) is 29.4 Å². The summed E-state index contributed by atoms with van der Waals surface area (Å²) in [5.41, 5.74) is 2.41. The van der Waals surface area contributed by atoms with Crippen LogP contribution in [0.3, 0.4) is 0 Å². The summed E-state index contributed by atoms with van der Waals surface area (Å²) in [5, 5.41) is 18.4. The summed E-state index contributed by atoms with van der Waals surface area (Å²) in [7, 11) is 0. The number of rotatable bonds is 6. The molecule has 0 radical (unpaired) electrons. The number of aromatic nitrogens is 3. The number of aryl methyl sites for hydroxylation is 2. The third-order valence-electron chi connectivity index (χ3n) is 3.28. The quantitative estimate of drug-likeness (QED) is 0.766. The summed E-state index contributed by atoms with van der Waals surface area (Å²) in [6.45, 7) is 7.04. The highest BCUT2D eigenvalue weighted by Gasteiger charge is 2.16. The van der Waals surface area contributed by atoms with E-state index in [0.717, 1.165) is 30.4 Å². The van der Waals surface area contributed by atoms with Gasteiger partial charge in [-0.05, 0) is 32.3 Å². The van der Waals surface area contributed by atoms with Crippen molar-refractivity contribution in [3.05, 3.63) is 41.2 Å². The largest absolute Gasteiger partial charge is 0.306 e. The van der Waals surface area contributed by atoms with Crippen LogP contribution in [0.4, 0.5) is 0 Å². The lowest BCUT2D eigenvalue weighted by Gasteiger charge is -2.10. The number of hydrogen-bond acceptors (Lipinski definition) is 4. The molecule has 1 unspecified atom stereocenters. The molecule has 0 aliphatic carbocycles. The molecule has 21 heavy (non-hydrogen) atoms. The van der Waals surface area contributed by atoms with E-state index in [-0.39, 0.29) is 5.25 Å². The van der Waals surface area contributed by atoms with E-state index in [1.807, 2.05) is 6.92 Å². The normalized spacial score (nSPS) is 12.1. The summed E-state index contributed by atoms with van der Waals surface area (Å²) in [6.07, 6.45) is 1.75. The molecule has 0 bridgehead atoms. The van der Waals surface area contributed by atoms with Gasteiger partial charge in [0.2, 0.25) is 0 Å². The Balaban J connectivity index is 2.09. The lowest BCUT2D eigenvalue weighted by atomic mass is 10.1. The molecule has 0 fully saturated rings. The van der Waals surface area contributed by atoms with E-state index in [9.17, 15) is 5.26 Å². The Labute approximate surface area is 130 Å². The van der Waals surface area contributed by atoms with E-state index >= 15 is 0 Å². The Bertz CT molecular complexity index is 625. The maximum absolute atomic E-state index is 9.40. The minimum atomic E-state index is -0.146. The first-order valence-electron chi connectivity index (χ1n) is 7.15. The summed E-state index contributed by atoms with van der Waals surface area (Å²) in [4.78, 5) is 0. The highest BCUT2D eigenvalue weighted by molar-refractivity contribution is 8.00. The van der Waals surface area contributed by atoms with Crippen LogP contribution in [-0.4, -0.2) is 20.0 Å². The van der Waals surface area contributed by atoms with Gasteiger partial charge in [-0.1, -0.05) is 48.5 Å². The van der Waals surface area contributed by atoms with Crippen LogP contribution in [0.2, 0.25) is 0 Å². The van der Waals surface area contributed by atoms with Crippen LogP contribution in [0, 0.1) is 25.2 Å². The van der Waals surface area contributed by atoms with E-state index in [4.69, 9.17) is 0 Å². The fourth-order valence-electron chi connectivity index (χ4n) is 2.11. The third kappa shape index (κ3) is 4.08. The highest BCUT2D eigenvalue weighted by Crippen LogP contribution is 2.25. The van der Waals surface area contributed by atoms with Crippen molar-refractivity contribution in [1.82, 2.24) is 14.8 Å². The van der Waals surface area contributed by atoms with Crippen molar-refractivity contribution < 1.29 is 0 Å². The Kier molecular flexibility index (Phi) is 5.40. The molecule has 1 atom stereocenters. The zero-order chi connectivity index (χ0) is 15.2. The van der Waals surface area contributed by atoms with Gasteiger partial charge in [-0.3, -0.25) is 0 Å². The molecule has 1 heterocycles. The molecule has 0 saturated heterocycles. The van der Waals surface area contributed by atoms with Gasteiger partial charge >= 0.3 is 0 Å². The molecule has 2 rings (SSSR count). The first-order valence-corrected chi connectivity index (χ1v) is 8.03. The van der Waals surface area contributed by atoms with Gasteiger partial charge in [-0.25, -0.2) is 0 Å². The molecule has 0 aliphatic heterocycles. The molecule has 2 aromatic rings. The van der Waals surface area contributed by atoms with Crippen molar-refractivity contribution in [3.8, 4) is 6.07 Å². The van der Waals surface area contributed by atoms with Gasteiger partial charge in [-0.15, -0.1) is 10.2 Å². The van der Waals surface area contributed by atoms with E-state index in [2.05, 4.69) is 58.9 Å². The monoisotopic (exact) mass is 300 g/mol. The molecule has 1 aromatic carbocycles. The predicted molar refractivity (Wildman–Crippen MR) is 85.2 cm³/mol. The summed E-state index contributed by atoms with van der Waals surface area (Å²) in [6, 6.07) is 10.7. The molecular formula is C16H20N4S. The molecule has 1 aromatic heterocycles. The summed E-state index contributed by atoms with van der Waals surface area (Å²) >= 11 is 1.50. The number of hydrogen-bond donors (Lipinski definition) is 0. The third-order valence-corrected chi connectivity index (χ3v) is 4.35. The number of benzene rings is 1. The van der Waals surface area contributed by atoms with E-state index < -0.39 is 0 Å². The minimum absolute atomic E-state index is 0.146. The van der Waals surface area contributed by atoms with Gasteiger partial charge in [0.15, 0.2) is 5.16 Å². The Morgan fingerprint density at radius 1 is 1.24 bits per heavy atom. The summed E-state index contributed by atoms with van der Waals surface area (Å²) in [5.74, 6) is 0.909. The minimum Gasteiger partial charge on any atom is -0.306 e. The first-order chi connectivity index (χ1) is 10.1. The van der Waals surface area contributed by atoms with E-state index in [1.54, 1.807) is 0 Å². The molecule has 4 nitrogen and oxygen atoms in total. The number of nitrogens with zero attached hydrogens (tertiary/aromatic N) is 4. The number of nitriles is 1. The lowest BCUT2D eigenvalue weighted by molar-refractivity contribution is 0.605. The van der Waals surface area contributed by atoms with Gasteiger partial charge in [-0.2, -0.15) is 5.26 Å². The standard InChI is InChI=1S/C16H20N4S/c1-4-9-20-13(3)18-19-16(20)21-15(11-17)10-14-7-5-12(2)6-8-14/h5-8,15H,4,9-10H2,1-3H3. The van der Waals surface area contributed by atoms with Crippen LogP contribution < -0.4 is 0 Å². The maximum Gasteiger partial charge on any atom is 0.192 e. The average molecular weight is 300 g/mol. The van der Waals surface area contributed by atoms with Gasteiger partial charge in [0.25, 0.3) is 0 Å². The molecule has 0 aliphatic rings. The van der Waals surface area contributed by atoms with Gasteiger partial charge in [0.1, 0.15) is 11.1 Å². The van der Waals surface area contributed by atoms with Crippen LogP contribution in [0.1, 0.15) is 30.3 Å². The Morgan fingerprint density at radius 2 is 1.95 bits per heavy atom. The second-order valence-electron chi connectivity index (χ2n) is 5.11. The van der Waals surface area contributed by atoms with E-state index in [1.165, 1.54) is 22.9 Å².